The van der Waals surface area contributed by atoms with Crippen molar-refractivity contribution in [2.24, 2.45) is 0 Å². The van der Waals surface area contributed by atoms with Crippen LogP contribution in [0, 0.1) is 6.92 Å². The number of pyridine rings is 1. The second kappa shape index (κ2) is 8.62. The van der Waals surface area contributed by atoms with Gasteiger partial charge in [0.2, 0.25) is 0 Å². The fourth-order valence-corrected chi connectivity index (χ4v) is 7.58. The molecule has 8 aromatic carbocycles. The number of nitrogens with zero attached hydrogens (tertiary/aromatic N) is 3. The van der Waals surface area contributed by atoms with E-state index in [1.807, 2.05) is 31.3 Å². The van der Waals surface area contributed by atoms with Crippen LogP contribution in [0.2, 0.25) is 0 Å². The standard InChI is InChI=1S/C41H25N3/c1-24-43-35-13-2-3-14-36(35)44(24)37-20-19-29(23-42-37)30-21-28-18-17-27-8-5-11-32-31-10-4-7-25-15-16-26-9-6-12-33(40(26)38(25)31)34(22-30)41(28)39(27)32/h2-23H,1H3. The Kier molecular flexibility index (Phi) is 4.65. The van der Waals surface area contributed by atoms with Gasteiger partial charge in [-0.25, -0.2) is 9.97 Å². The van der Waals surface area contributed by atoms with Gasteiger partial charge in [-0.15, -0.1) is 0 Å². The lowest BCUT2D eigenvalue weighted by molar-refractivity contribution is 0.957. The van der Waals surface area contributed by atoms with Crippen molar-refractivity contribution >= 4 is 75.7 Å². The predicted molar refractivity (Wildman–Crippen MR) is 185 cm³/mol. The highest BCUT2D eigenvalue weighted by molar-refractivity contribution is 6.37. The zero-order valence-electron chi connectivity index (χ0n) is 24.0. The van der Waals surface area contributed by atoms with Crippen LogP contribution in [-0.4, -0.2) is 14.5 Å². The molecule has 0 saturated heterocycles. The minimum absolute atomic E-state index is 0.874. The van der Waals surface area contributed by atoms with Gasteiger partial charge in [-0.1, -0.05) is 91.0 Å². The van der Waals surface area contributed by atoms with Gasteiger partial charge in [0, 0.05) is 11.8 Å². The normalized spacial score (nSPS) is 12.2. The second-order valence-electron chi connectivity index (χ2n) is 11.9. The molecule has 0 spiro atoms. The van der Waals surface area contributed by atoms with Crippen LogP contribution in [0.5, 0.6) is 0 Å². The average Bonchev–Trinajstić information content (AvgIpc) is 3.41. The highest BCUT2D eigenvalue weighted by Crippen LogP contribution is 2.44. The van der Waals surface area contributed by atoms with Gasteiger partial charge in [-0.05, 0) is 114 Å². The number of aryl methyl sites for hydroxylation is 1. The van der Waals surface area contributed by atoms with Gasteiger partial charge < -0.3 is 0 Å². The first-order chi connectivity index (χ1) is 21.7. The molecule has 0 radical (unpaired) electrons. The van der Waals surface area contributed by atoms with Gasteiger partial charge in [0.15, 0.2) is 0 Å². The van der Waals surface area contributed by atoms with E-state index < -0.39 is 0 Å². The van der Waals surface area contributed by atoms with Crippen molar-refractivity contribution in [1.82, 2.24) is 14.5 Å². The maximum Gasteiger partial charge on any atom is 0.138 e. The first-order valence-electron chi connectivity index (χ1n) is 15.1. The van der Waals surface area contributed by atoms with Crippen LogP contribution >= 0.6 is 0 Å². The molecule has 3 heteroatoms. The molecule has 0 atom stereocenters. The highest BCUT2D eigenvalue weighted by atomic mass is 15.1. The largest absolute Gasteiger partial charge is 0.281 e. The van der Waals surface area contributed by atoms with Crippen LogP contribution in [-0.2, 0) is 0 Å². The summed E-state index contributed by atoms with van der Waals surface area (Å²) >= 11 is 0. The van der Waals surface area contributed by atoms with Crippen LogP contribution in [0.3, 0.4) is 0 Å². The minimum atomic E-state index is 0.874. The quantitative estimate of drug-likeness (QED) is 0.197. The van der Waals surface area contributed by atoms with Crippen molar-refractivity contribution in [2.45, 2.75) is 6.92 Å². The number of fused-ring (bicyclic) bond motifs is 3. The molecular weight excluding hydrogens is 534 g/mol. The van der Waals surface area contributed by atoms with Crippen molar-refractivity contribution in [3.63, 3.8) is 0 Å². The second-order valence-corrected chi connectivity index (χ2v) is 11.9. The average molecular weight is 560 g/mol. The summed E-state index contributed by atoms with van der Waals surface area (Å²) in [5.74, 6) is 1.80. The maximum absolute atomic E-state index is 4.96. The molecule has 10 rings (SSSR count). The molecule has 10 aromatic rings. The summed E-state index contributed by atoms with van der Waals surface area (Å²) in [6.45, 7) is 2.03. The number of imidazole rings is 1. The van der Waals surface area contributed by atoms with Gasteiger partial charge in [-0.3, -0.25) is 4.57 Å². The molecule has 0 aliphatic heterocycles. The van der Waals surface area contributed by atoms with Gasteiger partial charge in [0.05, 0.1) is 11.0 Å². The minimum Gasteiger partial charge on any atom is -0.281 e. The smallest absolute Gasteiger partial charge is 0.138 e. The molecule has 44 heavy (non-hydrogen) atoms. The van der Waals surface area contributed by atoms with E-state index in [9.17, 15) is 0 Å². The van der Waals surface area contributed by atoms with Gasteiger partial charge >= 0.3 is 0 Å². The summed E-state index contributed by atoms with van der Waals surface area (Å²) in [5, 5.41) is 15.5. The van der Waals surface area contributed by atoms with Crippen molar-refractivity contribution in [1.29, 1.82) is 0 Å². The molecule has 0 saturated carbocycles. The lowest BCUT2D eigenvalue weighted by Gasteiger charge is -2.17. The number of para-hydroxylation sites is 2. The predicted octanol–water partition coefficient (Wildman–Crippen LogP) is 10.8. The highest BCUT2D eigenvalue weighted by Gasteiger charge is 2.17. The summed E-state index contributed by atoms with van der Waals surface area (Å²) in [6.07, 6.45) is 2.00. The molecule has 0 fully saturated rings. The molecule has 0 bridgehead atoms. The van der Waals surface area contributed by atoms with Gasteiger partial charge in [-0.2, -0.15) is 0 Å². The third kappa shape index (κ3) is 3.16. The topological polar surface area (TPSA) is 30.7 Å². The summed E-state index contributed by atoms with van der Waals surface area (Å²) in [5.41, 5.74) is 4.30. The van der Waals surface area contributed by atoms with Crippen LogP contribution in [0.4, 0.5) is 0 Å². The molecule has 204 valence electrons. The third-order valence-electron chi connectivity index (χ3n) is 9.46. The summed E-state index contributed by atoms with van der Waals surface area (Å²) < 4.78 is 2.13. The molecule has 0 aliphatic carbocycles. The Bertz CT molecular complexity index is 2760. The summed E-state index contributed by atoms with van der Waals surface area (Å²) in [7, 11) is 0. The number of hydrogen-bond acceptors (Lipinski definition) is 2. The maximum atomic E-state index is 4.96. The zero-order chi connectivity index (χ0) is 28.9. The van der Waals surface area contributed by atoms with E-state index in [1.54, 1.807) is 0 Å². The molecular formula is C41H25N3. The van der Waals surface area contributed by atoms with Gasteiger partial charge in [0.1, 0.15) is 11.6 Å². The fourth-order valence-electron chi connectivity index (χ4n) is 7.58. The van der Waals surface area contributed by atoms with Crippen LogP contribution in [0.25, 0.3) is 92.6 Å². The molecule has 0 aliphatic rings. The SMILES string of the molecule is Cc1nc2ccccc2n1-c1ccc(-c2cc3ccc4cccc5c6cccc7ccc8cccc(c(c2)c3c45)c8c76)cn1. The number of benzene rings is 7. The van der Waals surface area contributed by atoms with Crippen molar-refractivity contribution in [3.8, 4) is 16.9 Å². The van der Waals surface area contributed by atoms with Crippen LogP contribution in [0.15, 0.2) is 134 Å². The van der Waals surface area contributed by atoms with Crippen LogP contribution < -0.4 is 0 Å². The van der Waals surface area contributed by atoms with Crippen molar-refractivity contribution < 1.29 is 0 Å². The molecule has 2 aromatic heterocycles. The fraction of sp³-hybridized carbons (Fsp3) is 0.0244. The third-order valence-corrected chi connectivity index (χ3v) is 9.46. The van der Waals surface area contributed by atoms with E-state index in [0.29, 0.717) is 0 Å². The first-order valence-corrected chi connectivity index (χ1v) is 15.1. The van der Waals surface area contributed by atoms with E-state index >= 15 is 0 Å². The molecule has 0 N–H and O–H groups in total. The molecule has 3 nitrogen and oxygen atoms in total. The number of rotatable bonds is 2. The van der Waals surface area contributed by atoms with Gasteiger partial charge in [0.25, 0.3) is 0 Å². The first kappa shape index (κ1) is 23.7. The number of hydrogen-bond donors (Lipinski definition) is 0. The summed E-state index contributed by atoms with van der Waals surface area (Å²) in [4.78, 5) is 9.71. The van der Waals surface area contributed by atoms with E-state index in [0.717, 1.165) is 33.8 Å². The lowest BCUT2D eigenvalue weighted by Crippen LogP contribution is -1.99. The van der Waals surface area contributed by atoms with E-state index in [4.69, 9.17) is 9.97 Å². The molecule has 2 heterocycles. The van der Waals surface area contributed by atoms with Crippen molar-refractivity contribution in [2.75, 3.05) is 0 Å². The van der Waals surface area contributed by atoms with Crippen LogP contribution in [0.1, 0.15) is 5.82 Å². The zero-order valence-corrected chi connectivity index (χ0v) is 24.0. The Morgan fingerprint density at radius 1 is 0.477 bits per heavy atom. The lowest BCUT2D eigenvalue weighted by atomic mass is 9.86. The Morgan fingerprint density at radius 3 is 1.70 bits per heavy atom. The Hall–Kier alpha value is -5.80. The monoisotopic (exact) mass is 559 g/mol. The van der Waals surface area contributed by atoms with E-state index in [-0.39, 0.29) is 0 Å². The Balaban J connectivity index is 1.31. The summed E-state index contributed by atoms with van der Waals surface area (Å²) in [6, 6.07) is 46.6. The molecule has 0 unspecified atom stereocenters. The Morgan fingerprint density at radius 2 is 1.07 bits per heavy atom. The van der Waals surface area contributed by atoms with E-state index in [2.05, 4.69) is 114 Å². The van der Waals surface area contributed by atoms with E-state index in [1.165, 1.54) is 64.6 Å². The molecule has 0 amide bonds. The number of aromatic nitrogens is 3. The van der Waals surface area contributed by atoms with Crippen molar-refractivity contribution in [3.05, 3.63) is 139 Å². The Labute approximate surface area is 253 Å².